The van der Waals surface area contributed by atoms with E-state index in [4.69, 9.17) is 4.74 Å². The summed E-state index contributed by atoms with van der Waals surface area (Å²) in [4.78, 5) is 19.0. The number of carbonyl (C=O) groups is 1. The Bertz CT molecular complexity index is 1220. The highest BCUT2D eigenvalue weighted by Crippen LogP contribution is 2.51. The Hall–Kier alpha value is -3.18. The predicted molar refractivity (Wildman–Crippen MR) is 124 cm³/mol. The maximum absolute atomic E-state index is 13.5. The van der Waals surface area contributed by atoms with Crippen LogP contribution in [0, 0.1) is 0 Å². The molecule has 30 heavy (non-hydrogen) atoms. The van der Waals surface area contributed by atoms with Crippen molar-refractivity contribution in [2.24, 2.45) is 0 Å². The highest BCUT2D eigenvalue weighted by Gasteiger charge is 2.42. The summed E-state index contributed by atoms with van der Waals surface area (Å²) < 4.78 is 5.64. The van der Waals surface area contributed by atoms with Crippen LogP contribution < -0.4 is 9.64 Å². The molecule has 1 saturated heterocycles. The number of methoxy groups -OCH3 is 1. The number of thioether (sulfide) groups is 1. The van der Waals surface area contributed by atoms with Crippen molar-refractivity contribution in [3.05, 3.63) is 84.4 Å². The van der Waals surface area contributed by atoms with Crippen LogP contribution in [0.2, 0.25) is 0 Å². The molecule has 1 amide bonds. The molecule has 0 bridgehead atoms. The van der Waals surface area contributed by atoms with Gasteiger partial charge in [0.2, 0.25) is 5.91 Å². The molecule has 3 aromatic carbocycles. The van der Waals surface area contributed by atoms with E-state index in [1.807, 2.05) is 66.4 Å². The van der Waals surface area contributed by atoms with Gasteiger partial charge in [-0.15, -0.1) is 11.8 Å². The molecule has 150 valence electrons. The van der Waals surface area contributed by atoms with E-state index < -0.39 is 0 Å². The fourth-order valence-electron chi connectivity index (χ4n) is 4.13. The number of benzene rings is 3. The van der Waals surface area contributed by atoms with Crippen molar-refractivity contribution in [1.82, 2.24) is 4.98 Å². The number of nitrogens with one attached hydrogen (secondary N) is 1. The molecular formula is C25H22N2O2S. The maximum Gasteiger partial charge on any atom is 0.241 e. The van der Waals surface area contributed by atoms with E-state index in [-0.39, 0.29) is 16.5 Å². The Balaban J connectivity index is 1.76. The first-order valence-electron chi connectivity index (χ1n) is 9.96. The van der Waals surface area contributed by atoms with E-state index in [0.29, 0.717) is 0 Å². The number of ether oxygens (including phenoxy) is 1. The SMILES string of the molecule is COc1ccccc1C1SC(C)C(=O)N1c1c(-c2ccccc2)[nH]c2ccccc12. The van der Waals surface area contributed by atoms with Crippen LogP contribution in [-0.2, 0) is 4.79 Å². The summed E-state index contributed by atoms with van der Waals surface area (Å²) in [5.41, 5.74) is 4.96. The topological polar surface area (TPSA) is 45.3 Å². The zero-order valence-electron chi connectivity index (χ0n) is 16.8. The van der Waals surface area contributed by atoms with Gasteiger partial charge in [-0.2, -0.15) is 0 Å². The lowest BCUT2D eigenvalue weighted by molar-refractivity contribution is -0.117. The van der Waals surface area contributed by atoms with Crippen LogP contribution in [0.25, 0.3) is 22.2 Å². The van der Waals surface area contributed by atoms with Crippen molar-refractivity contribution in [2.75, 3.05) is 12.0 Å². The number of H-pyrrole nitrogens is 1. The summed E-state index contributed by atoms with van der Waals surface area (Å²) >= 11 is 1.66. The second-order valence-corrected chi connectivity index (χ2v) is 8.77. The van der Waals surface area contributed by atoms with Crippen molar-refractivity contribution in [1.29, 1.82) is 0 Å². The maximum atomic E-state index is 13.5. The lowest BCUT2D eigenvalue weighted by Crippen LogP contribution is -2.30. The van der Waals surface area contributed by atoms with Crippen LogP contribution >= 0.6 is 11.8 Å². The molecule has 5 heteroatoms. The third-order valence-corrected chi connectivity index (χ3v) is 6.87. The molecular weight excluding hydrogens is 392 g/mol. The highest BCUT2D eigenvalue weighted by atomic mass is 32.2. The van der Waals surface area contributed by atoms with Gasteiger partial charge >= 0.3 is 0 Å². The molecule has 0 aliphatic carbocycles. The van der Waals surface area contributed by atoms with Crippen molar-refractivity contribution in [2.45, 2.75) is 17.5 Å². The van der Waals surface area contributed by atoms with Gasteiger partial charge < -0.3 is 9.72 Å². The zero-order valence-corrected chi connectivity index (χ0v) is 17.6. The largest absolute Gasteiger partial charge is 0.496 e. The van der Waals surface area contributed by atoms with Gasteiger partial charge in [0, 0.05) is 22.0 Å². The zero-order chi connectivity index (χ0) is 20.7. The molecule has 0 spiro atoms. The standard InChI is InChI=1S/C25H22N2O2S/c1-16-24(28)27(25(30-16)19-13-7-9-15-21(19)29-2)23-18-12-6-8-14-20(18)26-22(23)17-10-4-3-5-11-17/h3-16,25-26H,1-2H3. The second kappa shape index (κ2) is 7.58. The number of hydrogen-bond donors (Lipinski definition) is 1. The van der Waals surface area contributed by atoms with Crippen LogP contribution in [0.5, 0.6) is 5.75 Å². The molecule has 5 rings (SSSR count). The van der Waals surface area contributed by atoms with Gasteiger partial charge in [-0.25, -0.2) is 0 Å². The van der Waals surface area contributed by atoms with Crippen LogP contribution in [0.1, 0.15) is 17.9 Å². The summed E-state index contributed by atoms with van der Waals surface area (Å²) in [6.07, 6.45) is 0. The van der Waals surface area contributed by atoms with Gasteiger partial charge in [0.15, 0.2) is 0 Å². The molecule has 2 unspecified atom stereocenters. The van der Waals surface area contributed by atoms with Gasteiger partial charge in [0.25, 0.3) is 0 Å². The lowest BCUT2D eigenvalue weighted by atomic mass is 10.1. The molecule has 0 radical (unpaired) electrons. The first-order valence-corrected chi connectivity index (χ1v) is 10.9. The average Bonchev–Trinajstić information content (AvgIpc) is 3.31. The van der Waals surface area contributed by atoms with Crippen LogP contribution in [0.4, 0.5) is 5.69 Å². The molecule has 0 saturated carbocycles. The fourth-order valence-corrected chi connectivity index (χ4v) is 5.41. The molecule has 4 nitrogen and oxygen atoms in total. The number of amides is 1. The Kier molecular flexibility index (Phi) is 4.75. The molecule has 1 aliphatic heterocycles. The van der Waals surface area contributed by atoms with E-state index in [1.54, 1.807) is 18.9 Å². The summed E-state index contributed by atoms with van der Waals surface area (Å²) in [6.45, 7) is 1.98. The van der Waals surface area contributed by atoms with E-state index in [9.17, 15) is 4.79 Å². The van der Waals surface area contributed by atoms with Crippen LogP contribution in [0.3, 0.4) is 0 Å². The third kappa shape index (κ3) is 2.97. The third-order valence-electron chi connectivity index (χ3n) is 5.54. The minimum Gasteiger partial charge on any atom is -0.496 e. The number of aromatic amines is 1. The minimum atomic E-state index is -0.162. The number of fused-ring (bicyclic) bond motifs is 1. The lowest BCUT2D eigenvalue weighted by Gasteiger charge is -2.26. The Morgan fingerprint density at radius 2 is 1.63 bits per heavy atom. The first-order chi connectivity index (χ1) is 14.7. The van der Waals surface area contributed by atoms with Gasteiger partial charge in [-0.1, -0.05) is 66.7 Å². The highest BCUT2D eigenvalue weighted by molar-refractivity contribution is 8.01. The smallest absolute Gasteiger partial charge is 0.241 e. The quantitative estimate of drug-likeness (QED) is 0.445. The van der Waals surface area contributed by atoms with E-state index in [2.05, 4.69) is 29.2 Å². The number of carbonyl (C=O) groups excluding carboxylic acids is 1. The predicted octanol–water partition coefficient (Wildman–Crippen LogP) is 6.01. The Morgan fingerprint density at radius 1 is 0.933 bits per heavy atom. The van der Waals surface area contributed by atoms with E-state index in [0.717, 1.165) is 39.2 Å². The van der Waals surface area contributed by atoms with Crippen molar-refractivity contribution < 1.29 is 9.53 Å². The van der Waals surface area contributed by atoms with Crippen LogP contribution in [0.15, 0.2) is 78.9 Å². The van der Waals surface area contributed by atoms with E-state index in [1.165, 1.54) is 0 Å². The van der Waals surface area contributed by atoms with E-state index >= 15 is 0 Å². The fraction of sp³-hybridized carbons (Fsp3) is 0.160. The van der Waals surface area contributed by atoms with Crippen LogP contribution in [-0.4, -0.2) is 23.3 Å². The summed E-state index contributed by atoms with van der Waals surface area (Å²) in [6, 6.07) is 26.3. The van der Waals surface area contributed by atoms with Crippen molar-refractivity contribution in [3.8, 4) is 17.0 Å². The number of rotatable bonds is 4. The van der Waals surface area contributed by atoms with Gasteiger partial charge in [0.1, 0.15) is 11.1 Å². The molecule has 1 aliphatic rings. The monoisotopic (exact) mass is 414 g/mol. The molecule has 4 aromatic rings. The summed E-state index contributed by atoms with van der Waals surface area (Å²) in [7, 11) is 1.68. The van der Waals surface area contributed by atoms with Gasteiger partial charge in [0.05, 0.1) is 23.7 Å². The number of aromatic nitrogens is 1. The average molecular weight is 415 g/mol. The molecule has 2 atom stereocenters. The van der Waals surface area contributed by atoms with Gasteiger partial charge in [-0.3, -0.25) is 9.69 Å². The molecule has 1 aromatic heterocycles. The van der Waals surface area contributed by atoms with Crippen molar-refractivity contribution in [3.63, 3.8) is 0 Å². The number of anilines is 1. The minimum absolute atomic E-state index is 0.109. The number of para-hydroxylation sites is 2. The Morgan fingerprint density at radius 3 is 2.43 bits per heavy atom. The normalized spacial score (nSPS) is 18.9. The molecule has 1 N–H and O–H groups in total. The number of nitrogens with zero attached hydrogens (tertiary/aromatic N) is 1. The molecule has 2 heterocycles. The molecule has 1 fully saturated rings. The Labute approximate surface area is 179 Å². The summed E-state index contributed by atoms with van der Waals surface area (Å²) in [5.74, 6) is 0.904. The second-order valence-electron chi connectivity index (χ2n) is 7.34. The van der Waals surface area contributed by atoms with Crippen molar-refractivity contribution >= 4 is 34.3 Å². The summed E-state index contributed by atoms with van der Waals surface area (Å²) in [5, 5.41) is 0.738. The number of hydrogen-bond acceptors (Lipinski definition) is 3. The first kappa shape index (κ1) is 18.8. The van der Waals surface area contributed by atoms with Gasteiger partial charge in [-0.05, 0) is 19.1 Å².